The van der Waals surface area contributed by atoms with Gasteiger partial charge in [-0.15, -0.1) is 9.78 Å². The van der Waals surface area contributed by atoms with Crippen molar-refractivity contribution in [3.05, 3.63) is 78.6 Å². The molecular formula is C23H24F2IN9O2. The van der Waals surface area contributed by atoms with Gasteiger partial charge in [0.05, 0.1) is 18.8 Å². The maximum Gasteiger partial charge on any atom is 0.324 e. The lowest BCUT2D eigenvalue weighted by Gasteiger charge is -2.38. The van der Waals surface area contributed by atoms with E-state index in [1.807, 2.05) is 0 Å². The lowest BCUT2D eigenvalue weighted by molar-refractivity contribution is -0.672. The van der Waals surface area contributed by atoms with Crippen molar-refractivity contribution in [2.24, 2.45) is 7.05 Å². The first-order valence-corrected chi connectivity index (χ1v) is 11.2. The quantitative estimate of drug-likeness (QED) is 0.192. The van der Waals surface area contributed by atoms with Crippen molar-refractivity contribution in [1.82, 2.24) is 34.9 Å². The number of aliphatic hydroxyl groups is 1. The number of nitrogens with zero attached hydrogens (tertiary/aromatic N) is 9. The first-order chi connectivity index (χ1) is 17.3. The summed E-state index contributed by atoms with van der Waals surface area (Å²) in [4.78, 5) is 16.5. The first-order valence-electron chi connectivity index (χ1n) is 11.2. The normalized spacial score (nSPS) is 16.0. The largest absolute Gasteiger partial charge is 1.00 e. The summed E-state index contributed by atoms with van der Waals surface area (Å²) in [5, 5.41) is 27.2. The maximum absolute atomic E-state index is 14.9. The van der Waals surface area contributed by atoms with Gasteiger partial charge in [-0.05, 0) is 47.7 Å². The van der Waals surface area contributed by atoms with Crippen LogP contribution in [0.5, 0.6) is 0 Å². The average molecular weight is 623 g/mol. The minimum Gasteiger partial charge on any atom is -1.00 e. The number of urea groups is 1. The van der Waals surface area contributed by atoms with E-state index in [2.05, 4.69) is 20.6 Å². The molecule has 194 valence electrons. The van der Waals surface area contributed by atoms with Crippen molar-refractivity contribution in [3.63, 3.8) is 0 Å². The zero-order valence-corrected chi connectivity index (χ0v) is 22.1. The van der Waals surface area contributed by atoms with E-state index >= 15 is 0 Å². The molecule has 1 aliphatic rings. The summed E-state index contributed by atoms with van der Waals surface area (Å²) in [6.45, 7) is 2.16. The predicted octanol–water partition coefficient (Wildman–Crippen LogP) is -1.82. The van der Waals surface area contributed by atoms with E-state index in [0.29, 0.717) is 18.8 Å². The molecule has 1 saturated heterocycles. The Labute approximate surface area is 227 Å². The Morgan fingerprint density at radius 3 is 2.49 bits per heavy atom. The van der Waals surface area contributed by atoms with Crippen molar-refractivity contribution in [3.8, 4) is 5.69 Å². The highest BCUT2D eigenvalue weighted by Crippen LogP contribution is 2.35. The van der Waals surface area contributed by atoms with Crippen LogP contribution in [0.25, 0.3) is 5.69 Å². The minimum atomic E-state index is -1.90. The van der Waals surface area contributed by atoms with Gasteiger partial charge in [-0.25, -0.2) is 22.8 Å². The monoisotopic (exact) mass is 623 g/mol. The average Bonchev–Trinajstić information content (AvgIpc) is 3.60. The lowest BCUT2D eigenvalue weighted by atomic mass is 9.85. The summed E-state index contributed by atoms with van der Waals surface area (Å²) in [7, 11) is 1.76. The Hall–Kier alpha value is -3.53. The van der Waals surface area contributed by atoms with Crippen LogP contribution in [0, 0.1) is 11.6 Å². The van der Waals surface area contributed by atoms with Crippen molar-refractivity contribution in [1.29, 1.82) is 0 Å². The fourth-order valence-electron chi connectivity index (χ4n) is 4.50. The summed E-state index contributed by atoms with van der Waals surface area (Å²) in [5.74, 6) is -1.66. The predicted molar refractivity (Wildman–Crippen MR) is 122 cm³/mol. The van der Waals surface area contributed by atoms with Crippen LogP contribution in [-0.4, -0.2) is 65.2 Å². The molecule has 0 spiro atoms. The third-order valence-electron chi connectivity index (χ3n) is 6.47. The molecular weight excluding hydrogens is 599 g/mol. The molecule has 2 aromatic carbocycles. The van der Waals surface area contributed by atoms with Gasteiger partial charge in [-0.1, -0.05) is 6.07 Å². The fraction of sp³-hybridized carbons (Fsp3) is 0.304. The summed E-state index contributed by atoms with van der Waals surface area (Å²) < 4.78 is 33.2. The first kappa shape index (κ1) is 26.5. The topological polar surface area (TPSA) is 109 Å². The second-order valence-electron chi connectivity index (χ2n) is 8.73. The number of carbonyl (C=O) groups is 1. The molecule has 2 aromatic heterocycles. The Bertz CT molecular complexity index is 1380. The molecule has 1 N–H and O–H groups in total. The highest BCUT2D eigenvalue weighted by Gasteiger charge is 2.47. The summed E-state index contributed by atoms with van der Waals surface area (Å²) in [6.07, 6.45) is 4.63. The van der Waals surface area contributed by atoms with E-state index in [-0.39, 0.29) is 42.1 Å². The fourth-order valence-corrected chi connectivity index (χ4v) is 4.50. The summed E-state index contributed by atoms with van der Waals surface area (Å²) in [6, 6.07) is 8.93. The van der Waals surface area contributed by atoms with Crippen LogP contribution in [0.4, 0.5) is 19.3 Å². The highest BCUT2D eigenvalue weighted by atomic mass is 127. The minimum absolute atomic E-state index is 0. The van der Waals surface area contributed by atoms with Gasteiger partial charge in [0.2, 0.25) is 6.33 Å². The molecule has 11 nitrogen and oxygen atoms in total. The van der Waals surface area contributed by atoms with Gasteiger partial charge in [0.15, 0.2) is 0 Å². The molecule has 3 heterocycles. The summed E-state index contributed by atoms with van der Waals surface area (Å²) in [5.41, 5.74) is -0.630. The number of anilines is 1. The molecule has 2 atom stereocenters. The number of halogens is 3. The molecule has 0 saturated carbocycles. The molecule has 0 unspecified atom stereocenters. The van der Waals surface area contributed by atoms with Gasteiger partial charge in [0.1, 0.15) is 30.1 Å². The number of benzene rings is 2. The zero-order chi connectivity index (χ0) is 25.4. The Morgan fingerprint density at radius 1 is 1.14 bits per heavy atom. The smallest absolute Gasteiger partial charge is 0.324 e. The second kappa shape index (κ2) is 10.5. The van der Waals surface area contributed by atoms with E-state index in [1.165, 1.54) is 33.0 Å². The number of aromatic nitrogens is 7. The van der Waals surface area contributed by atoms with Gasteiger partial charge in [-0.3, -0.25) is 4.90 Å². The number of amides is 2. The number of aryl methyl sites for hydroxylation is 1. The van der Waals surface area contributed by atoms with Crippen LogP contribution < -0.4 is 33.4 Å². The van der Waals surface area contributed by atoms with E-state index in [0.717, 1.165) is 17.8 Å². The summed E-state index contributed by atoms with van der Waals surface area (Å²) >= 11 is 0. The van der Waals surface area contributed by atoms with Gasteiger partial charge < -0.3 is 34.0 Å². The third-order valence-corrected chi connectivity index (χ3v) is 6.47. The molecule has 1 aliphatic heterocycles. The number of carbonyl (C=O) groups excluding carboxylic acids is 1. The molecule has 14 heteroatoms. The molecule has 4 aromatic rings. The van der Waals surface area contributed by atoms with Gasteiger partial charge in [-0.2, -0.15) is 0 Å². The number of hydrogen-bond acceptors (Lipinski definition) is 6. The maximum atomic E-state index is 14.9. The van der Waals surface area contributed by atoms with Crippen molar-refractivity contribution in [2.45, 2.75) is 25.1 Å². The van der Waals surface area contributed by atoms with E-state index in [1.54, 1.807) is 54.0 Å². The third kappa shape index (κ3) is 5.02. The van der Waals surface area contributed by atoms with Gasteiger partial charge in [0.25, 0.3) is 6.33 Å². The Morgan fingerprint density at radius 2 is 1.86 bits per heavy atom. The van der Waals surface area contributed by atoms with Crippen LogP contribution in [0.2, 0.25) is 0 Å². The molecule has 37 heavy (non-hydrogen) atoms. The van der Waals surface area contributed by atoms with Crippen LogP contribution >= 0.6 is 0 Å². The number of tetrazole rings is 1. The Kier molecular flexibility index (Phi) is 7.49. The Balaban J connectivity index is 0.00000320. The van der Waals surface area contributed by atoms with Gasteiger partial charge in [0, 0.05) is 35.5 Å². The van der Waals surface area contributed by atoms with Crippen LogP contribution in [0.3, 0.4) is 0 Å². The van der Waals surface area contributed by atoms with Crippen molar-refractivity contribution >= 4 is 11.7 Å². The SMILES string of the molecule is C[C@@H](N1CCN(c2ccc(-n3cnnn3)cc2)C1=O)[C@@](O)(Cn1c[n+](C)cn1)c1ccc(F)cc1F.[I-]. The van der Waals surface area contributed by atoms with Crippen molar-refractivity contribution < 1.29 is 47.2 Å². The molecule has 2 amide bonds. The number of rotatable bonds is 7. The van der Waals surface area contributed by atoms with Crippen molar-refractivity contribution in [2.75, 3.05) is 18.0 Å². The van der Waals surface area contributed by atoms with Gasteiger partial charge >= 0.3 is 6.03 Å². The van der Waals surface area contributed by atoms with Crippen LogP contribution in [-0.2, 0) is 19.2 Å². The standard InChI is InChI=1S/C23H24F2N9O2.HI/c1-16(23(36,12-31-15-30(2)14-27-31)20-8-3-17(24)11-21(20)25)32-9-10-33(22(32)35)18-4-6-19(7-5-18)34-13-26-28-29-34;/h3-8,11,13-16,36H,9-10,12H2,1-2H3;1H/q+1;/p-1/t16-,23+;/m1./s1. The molecule has 0 radical (unpaired) electrons. The number of hydrogen-bond donors (Lipinski definition) is 1. The molecule has 1 fully saturated rings. The van der Waals surface area contributed by atoms with Crippen LogP contribution in [0.1, 0.15) is 12.5 Å². The lowest BCUT2D eigenvalue weighted by Crippen LogP contribution is -3.00. The molecule has 5 rings (SSSR count). The molecule has 0 bridgehead atoms. The second-order valence-corrected chi connectivity index (χ2v) is 8.73. The van der Waals surface area contributed by atoms with E-state index in [4.69, 9.17) is 0 Å². The zero-order valence-electron chi connectivity index (χ0n) is 20.0. The van der Waals surface area contributed by atoms with E-state index < -0.39 is 23.3 Å². The van der Waals surface area contributed by atoms with Crippen LogP contribution in [0.15, 0.2) is 61.4 Å². The van der Waals surface area contributed by atoms with E-state index in [9.17, 15) is 18.7 Å². The highest BCUT2D eigenvalue weighted by molar-refractivity contribution is 5.94. The molecule has 0 aliphatic carbocycles.